The number of rotatable bonds is 5. The molecule has 24 heavy (non-hydrogen) atoms. The van der Waals surface area contributed by atoms with Crippen LogP contribution in [0.5, 0.6) is 5.75 Å². The molecule has 0 fully saturated rings. The van der Waals surface area contributed by atoms with Crippen molar-refractivity contribution in [1.29, 1.82) is 0 Å². The Bertz CT molecular complexity index is 677. The van der Waals surface area contributed by atoms with E-state index in [1.807, 2.05) is 0 Å². The van der Waals surface area contributed by atoms with Crippen LogP contribution in [0.25, 0.3) is 0 Å². The second-order valence-electron chi connectivity index (χ2n) is 4.89. The Morgan fingerprint density at radius 2 is 1.67 bits per heavy atom. The van der Waals surface area contributed by atoms with Crippen LogP contribution in [0.4, 0.5) is 23.7 Å². The van der Waals surface area contributed by atoms with Crippen molar-refractivity contribution in [2.45, 2.75) is 12.6 Å². The highest BCUT2D eigenvalue weighted by atomic mass is 35.5. The molecule has 0 saturated heterocycles. The average Bonchev–Trinajstić information content (AvgIpc) is 2.55. The first kappa shape index (κ1) is 18.1. The predicted molar refractivity (Wildman–Crippen MR) is 86.6 cm³/mol. The van der Waals surface area contributed by atoms with Gasteiger partial charge in [-0.3, -0.25) is 4.90 Å². The van der Waals surface area contributed by atoms with E-state index in [0.29, 0.717) is 6.42 Å². The number of benzene rings is 2. The third-order valence-electron chi connectivity index (χ3n) is 3.18. The van der Waals surface area contributed by atoms with E-state index in [4.69, 9.17) is 16.3 Å². The van der Waals surface area contributed by atoms with Crippen LogP contribution in [0.3, 0.4) is 0 Å². The van der Waals surface area contributed by atoms with Gasteiger partial charge in [0.05, 0.1) is 11.3 Å². The van der Waals surface area contributed by atoms with Crippen molar-refractivity contribution in [2.24, 2.45) is 0 Å². The number of hydrogen-bond acceptors (Lipinski definition) is 2. The van der Waals surface area contributed by atoms with Gasteiger partial charge in [-0.25, -0.2) is 4.79 Å². The number of carbonyl (C=O) groups excluding carboxylic acids is 1. The summed E-state index contributed by atoms with van der Waals surface area (Å²) in [7, 11) is 0. The van der Waals surface area contributed by atoms with Crippen LogP contribution >= 0.6 is 11.6 Å². The molecule has 0 aliphatic heterocycles. The van der Waals surface area contributed by atoms with Crippen LogP contribution in [0.1, 0.15) is 12.0 Å². The number of hydrogen-bond donors (Lipinski definition) is 0. The van der Waals surface area contributed by atoms with E-state index in [0.717, 1.165) is 11.0 Å². The number of ether oxygens (including phenoxy) is 1. The SMILES string of the molecule is O=C(Oc1ccccc1)N(CCCCl)c1ccccc1C(F)(F)F. The maximum Gasteiger partial charge on any atom is 0.419 e. The lowest BCUT2D eigenvalue weighted by atomic mass is 10.1. The maximum atomic E-state index is 13.2. The van der Waals surface area contributed by atoms with E-state index in [1.54, 1.807) is 30.3 Å². The number of carbonyl (C=O) groups is 1. The molecular formula is C17H15ClF3NO2. The lowest BCUT2D eigenvalue weighted by Crippen LogP contribution is -2.36. The van der Waals surface area contributed by atoms with Crippen LogP contribution in [-0.2, 0) is 6.18 Å². The fourth-order valence-electron chi connectivity index (χ4n) is 2.12. The molecule has 0 bridgehead atoms. The molecule has 2 aromatic rings. The van der Waals surface area contributed by atoms with Gasteiger partial charge >= 0.3 is 12.3 Å². The Labute approximate surface area is 142 Å². The fourth-order valence-corrected chi connectivity index (χ4v) is 2.24. The summed E-state index contributed by atoms with van der Waals surface area (Å²) in [5.74, 6) is 0.464. The first-order chi connectivity index (χ1) is 11.4. The summed E-state index contributed by atoms with van der Waals surface area (Å²) >= 11 is 5.63. The molecule has 0 aliphatic carbocycles. The molecular weight excluding hydrogens is 343 g/mol. The summed E-state index contributed by atoms with van der Waals surface area (Å²) in [5.41, 5.74) is -1.15. The quantitative estimate of drug-likeness (QED) is 0.676. The van der Waals surface area contributed by atoms with Gasteiger partial charge in [-0.05, 0) is 30.7 Å². The highest BCUT2D eigenvalue weighted by molar-refractivity contribution is 6.17. The molecule has 128 valence electrons. The summed E-state index contributed by atoms with van der Waals surface area (Å²) in [6.45, 7) is 0.0161. The van der Waals surface area contributed by atoms with Crippen molar-refractivity contribution in [3.8, 4) is 5.75 Å². The minimum atomic E-state index is -4.58. The van der Waals surface area contributed by atoms with Gasteiger partial charge in [-0.1, -0.05) is 30.3 Å². The fraction of sp³-hybridized carbons (Fsp3) is 0.235. The average molecular weight is 358 g/mol. The van der Waals surface area contributed by atoms with Crippen LogP contribution in [0.2, 0.25) is 0 Å². The predicted octanol–water partition coefficient (Wildman–Crippen LogP) is 5.34. The molecule has 0 N–H and O–H groups in total. The van der Waals surface area contributed by atoms with Crippen molar-refractivity contribution in [2.75, 3.05) is 17.3 Å². The standard InChI is InChI=1S/C17H15ClF3NO2/c18-11-6-12-22(16(23)24-13-7-2-1-3-8-13)15-10-5-4-9-14(15)17(19,20)21/h1-5,7-10H,6,11-12H2. The maximum absolute atomic E-state index is 13.2. The molecule has 0 atom stereocenters. The Morgan fingerprint density at radius 1 is 1.04 bits per heavy atom. The van der Waals surface area contributed by atoms with Gasteiger partial charge in [-0.2, -0.15) is 13.2 Å². The first-order valence-corrected chi connectivity index (χ1v) is 7.73. The third-order valence-corrected chi connectivity index (χ3v) is 3.45. The monoisotopic (exact) mass is 357 g/mol. The Morgan fingerprint density at radius 3 is 2.29 bits per heavy atom. The second-order valence-corrected chi connectivity index (χ2v) is 5.27. The number of alkyl halides is 4. The summed E-state index contributed by atoms with van der Waals surface area (Å²) < 4.78 is 44.8. The lowest BCUT2D eigenvalue weighted by molar-refractivity contribution is -0.137. The zero-order valence-electron chi connectivity index (χ0n) is 12.6. The molecule has 0 aliphatic rings. The van der Waals surface area contributed by atoms with Gasteiger partial charge in [0.15, 0.2) is 0 Å². The van der Waals surface area contributed by atoms with E-state index in [-0.39, 0.29) is 23.9 Å². The zero-order chi connectivity index (χ0) is 17.6. The van der Waals surface area contributed by atoms with Crippen molar-refractivity contribution < 1.29 is 22.7 Å². The molecule has 1 amide bonds. The highest BCUT2D eigenvalue weighted by Gasteiger charge is 2.36. The molecule has 0 unspecified atom stereocenters. The summed E-state index contributed by atoms with van der Waals surface area (Å²) in [6.07, 6.45) is -5.14. The topological polar surface area (TPSA) is 29.5 Å². The Hall–Kier alpha value is -2.21. The van der Waals surface area contributed by atoms with Gasteiger partial charge in [0.25, 0.3) is 0 Å². The molecule has 0 radical (unpaired) electrons. The highest BCUT2D eigenvalue weighted by Crippen LogP contribution is 2.36. The number of anilines is 1. The van der Waals surface area contributed by atoms with Gasteiger partial charge < -0.3 is 4.74 Å². The lowest BCUT2D eigenvalue weighted by Gasteiger charge is -2.25. The second kappa shape index (κ2) is 8.06. The smallest absolute Gasteiger partial charge is 0.410 e. The van der Waals surface area contributed by atoms with Crippen molar-refractivity contribution >= 4 is 23.4 Å². The van der Waals surface area contributed by atoms with Crippen LogP contribution in [0.15, 0.2) is 54.6 Å². The molecule has 0 heterocycles. The van der Waals surface area contributed by atoms with Gasteiger partial charge in [0.1, 0.15) is 5.75 Å². The minimum Gasteiger partial charge on any atom is -0.410 e. The first-order valence-electron chi connectivity index (χ1n) is 7.20. The van der Waals surface area contributed by atoms with E-state index < -0.39 is 17.8 Å². The van der Waals surface area contributed by atoms with Crippen molar-refractivity contribution in [3.05, 3.63) is 60.2 Å². The summed E-state index contributed by atoms with van der Waals surface area (Å²) in [6, 6.07) is 13.0. The van der Waals surface area contributed by atoms with Crippen molar-refractivity contribution in [1.82, 2.24) is 0 Å². The van der Waals surface area contributed by atoms with E-state index in [9.17, 15) is 18.0 Å². The minimum absolute atomic E-state index is 0.0161. The van der Waals surface area contributed by atoms with Crippen LogP contribution in [0, 0.1) is 0 Å². The summed E-state index contributed by atoms with van der Waals surface area (Å²) in [4.78, 5) is 13.3. The van der Waals surface area contributed by atoms with Crippen LogP contribution < -0.4 is 9.64 Å². The van der Waals surface area contributed by atoms with Crippen molar-refractivity contribution in [3.63, 3.8) is 0 Å². The number of amides is 1. The van der Waals surface area contributed by atoms with Gasteiger partial charge in [-0.15, -0.1) is 11.6 Å². The molecule has 0 spiro atoms. The molecule has 0 saturated carbocycles. The van der Waals surface area contributed by atoms with Gasteiger partial charge in [0, 0.05) is 12.4 Å². The zero-order valence-corrected chi connectivity index (χ0v) is 13.3. The molecule has 3 nitrogen and oxygen atoms in total. The third kappa shape index (κ3) is 4.64. The molecule has 7 heteroatoms. The number of para-hydroxylation sites is 2. The summed E-state index contributed by atoms with van der Waals surface area (Å²) in [5, 5.41) is 0. The molecule has 0 aromatic heterocycles. The number of nitrogens with zero attached hydrogens (tertiary/aromatic N) is 1. The van der Waals surface area contributed by atoms with E-state index in [1.165, 1.54) is 18.2 Å². The van der Waals surface area contributed by atoms with Gasteiger partial charge in [0.2, 0.25) is 0 Å². The normalized spacial score (nSPS) is 11.2. The van der Waals surface area contributed by atoms with Crippen LogP contribution in [-0.4, -0.2) is 18.5 Å². The molecule has 2 rings (SSSR count). The number of halogens is 4. The molecule has 2 aromatic carbocycles. The Kier molecular flexibility index (Phi) is 6.09. The largest absolute Gasteiger partial charge is 0.419 e. The van der Waals surface area contributed by atoms with E-state index >= 15 is 0 Å². The Balaban J connectivity index is 2.33. The van der Waals surface area contributed by atoms with E-state index in [2.05, 4.69) is 0 Å².